The number of methoxy groups -OCH3 is 1. The summed E-state index contributed by atoms with van der Waals surface area (Å²) in [6.45, 7) is 1.12. The van der Waals surface area contributed by atoms with Crippen LogP contribution in [-0.4, -0.2) is 53.6 Å². The highest BCUT2D eigenvalue weighted by Crippen LogP contribution is 2.26. The number of H-pyrrole nitrogens is 1. The molecule has 2 aromatic rings. The van der Waals surface area contributed by atoms with Gasteiger partial charge in [0.05, 0.1) is 24.1 Å². The molecule has 2 N–H and O–H groups in total. The maximum Gasteiger partial charge on any atom is 0.255 e. The summed E-state index contributed by atoms with van der Waals surface area (Å²) in [6, 6.07) is 4.36. The molecule has 2 heterocycles. The van der Waals surface area contributed by atoms with Gasteiger partial charge in [0.1, 0.15) is 5.75 Å². The molecule has 1 aromatic heterocycles. The Balaban J connectivity index is 1.85. The number of carbonyl (C=O) groups excluding carboxylic acids is 1. The lowest BCUT2D eigenvalue weighted by atomic mass is 10.2. The van der Waals surface area contributed by atoms with Crippen LogP contribution in [0.2, 0.25) is 0 Å². The lowest BCUT2D eigenvalue weighted by Gasteiger charge is -2.20. The van der Waals surface area contributed by atoms with Crippen LogP contribution in [0.25, 0.3) is 0 Å². The van der Waals surface area contributed by atoms with E-state index < -0.39 is 15.9 Å². The van der Waals surface area contributed by atoms with Crippen molar-refractivity contribution in [3.8, 4) is 5.75 Å². The van der Waals surface area contributed by atoms with Gasteiger partial charge in [0.15, 0.2) is 10.6 Å². The van der Waals surface area contributed by atoms with Crippen LogP contribution in [0, 0.1) is 4.77 Å². The van der Waals surface area contributed by atoms with Crippen molar-refractivity contribution in [3.05, 3.63) is 34.4 Å². The van der Waals surface area contributed by atoms with Crippen molar-refractivity contribution in [1.29, 1.82) is 0 Å². The van der Waals surface area contributed by atoms with E-state index in [9.17, 15) is 13.2 Å². The molecule has 9 nitrogen and oxygen atoms in total. The molecule has 3 rings (SSSR count). The van der Waals surface area contributed by atoms with Gasteiger partial charge in [-0.1, -0.05) is 12.8 Å². The summed E-state index contributed by atoms with van der Waals surface area (Å²) in [5.41, 5.74) is 0.153. The number of aromatic nitrogens is 3. The fourth-order valence-electron chi connectivity index (χ4n) is 3.25. The van der Waals surface area contributed by atoms with Gasteiger partial charge >= 0.3 is 0 Å². The molecule has 158 valence electrons. The van der Waals surface area contributed by atoms with Gasteiger partial charge in [-0.15, -0.1) is 0 Å². The quantitative estimate of drug-likeness (QED) is 0.666. The van der Waals surface area contributed by atoms with Crippen molar-refractivity contribution in [1.82, 2.24) is 24.4 Å². The van der Waals surface area contributed by atoms with Crippen LogP contribution < -0.4 is 10.1 Å². The first kappa shape index (κ1) is 21.5. The van der Waals surface area contributed by atoms with Crippen molar-refractivity contribution in [3.63, 3.8) is 0 Å². The fraction of sp³-hybridized carbons (Fsp3) is 0.500. The minimum Gasteiger partial charge on any atom is -0.496 e. The first-order valence-electron chi connectivity index (χ1n) is 9.41. The van der Waals surface area contributed by atoms with E-state index in [0.29, 0.717) is 29.4 Å². The molecule has 29 heavy (non-hydrogen) atoms. The number of aromatic amines is 1. The summed E-state index contributed by atoms with van der Waals surface area (Å²) in [5, 5.41) is 9.43. The molecule has 1 saturated heterocycles. The van der Waals surface area contributed by atoms with E-state index >= 15 is 0 Å². The van der Waals surface area contributed by atoms with Crippen LogP contribution in [0.3, 0.4) is 0 Å². The molecule has 11 heteroatoms. The Labute approximate surface area is 175 Å². The Hall–Kier alpha value is -2.24. The lowest BCUT2D eigenvalue weighted by molar-refractivity contribution is 0.0946. The Morgan fingerprint density at radius 1 is 1.28 bits per heavy atom. The second-order valence-corrected chi connectivity index (χ2v) is 9.19. The van der Waals surface area contributed by atoms with Crippen LogP contribution in [0.4, 0.5) is 0 Å². The van der Waals surface area contributed by atoms with E-state index in [1.165, 1.54) is 29.6 Å². The molecule has 0 saturated carbocycles. The topological polar surface area (TPSA) is 109 Å². The van der Waals surface area contributed by atoms with Crippen molar-refractivity contribution in [2.75, 3.05) is 20.2 Å². The number of rotatable bonds is 6. The standard InChI is InChI=1S/C18H25N5O4S2/c1-22-16(20-21-18(22)28)12-19-17(24)14-11-13(7-8-15(14)27-2)29(25,26)23-9-5-3-4-6-10-23/h7-8,11H,3-6,9-10,12H2,1-2H3,(H,19,24)(H,21,28). The van der Waals surface area contributed by atoms with Gasteiger partial charge in [0.25, 0.3) is 5.91 Å². The highest BCUT2D eigenvalue weighted by atomic mass is 32.2. The predicted molar refractivity (Wildman–Crippen MR) is 110 cm³/mol. The van der Waals surface area contributed by atoms with Gasteiger partial charge in [-0.25, -0.2) is 8.42 Å². The van der Waals surface area contributed by atoms with Gasteiger partial charge < -0.3 is 14.6 Å². The van der Waals surface area contributed by atoms with Gasteiger partial charge in [-0.2, -0.15) is 9.40 Å². The average molecular weight is 440 g/mol. The molecule has 0 aliphatic carbocycles. The van der Waals surface area contributed by atoms with Crippen molar-refractivity contribution in [2.24, 2.45) is 7.05 Å². The van der Waals surface area contributed by atoms with Crippen molar-refractivity contribution >= 4 is 28.1 Å². The minimum atomic E-state index is -3.67. The fourth-order valence-corrected chi connectivity index (χ4v) is 4.94. The second kappa shape index (κ2) is 9.06. The van der Waals surface area contributed by atoms with E-state index in [0.717, 1.165) is 25.7 Å². The molecule has 1 aromatic carbocycles. The summed E-state index contributed by atoms with van der Waals surface area (Å²) in [7, 11) is -0.499. The summed E-state index contributed by atoms with van der Waals surface area (Å²) in [6.07, 6.45) is 3.74. The van der Waals surface area contributed by atoms with Crippen LogP contribution in [0.5, 0.6) is 5.75 Å². The number of nitrogens with zero attached hydrogens (tertiary/aromatic N) is 3. The van der Waals surface area contributed by atoms with Crippen LogP contribution in [0.1, 0.15) is 41.9 Å². The third-order valence-corrected chi connectivity index (χ3v) is 7.26. The number of hydrogen-bond donors (Lipinski definition) is 2. The number of sulfonamides is 1. The van der Waals surface area contributed by atoms with E-state index in [4.69, 9.17) is 17.0 Å². The smallest absolute Gasteiger partial charge is 0.255 e. The van der Waals surface area contributed by atoms with E-state index in [1.807, 2.05) is 0 Å². The summed E-state index contributed by atoms with van der Waals surface area (Å²) in [5.74, 6) is 0.395. The zero-order valence-electron chi connectivity index (χ0n) is 16.5. The number of carbonyl (C=O) groups is 1. The highest BCUT2D eigenvalue weighted by molar-refractivity contribution is 7.89. The van der Waals surface area contributed by atoms with Gasteiger partial charge in [-0.3, -0.25) is 9.89 Å². The Morgan fingerprint density at radius 2 is 1.97 bits per heavy atom. The SMILES string of the molecule is COc1ccc(S(=O)(=O)N2CCCCCC2)cc1C(=O)NCc1n[nH]c(=S)n1C. The molecule has 1 amide bonds. The molecule has 1 fully saturated rings. The molecular formula is C18H25N5O4S2. The Kier molecular flexibility index (Phi) is 6.70. The third-order valence-electron chi connectivity index (χ3n) is 5.00. The summed E-state index contributed by atoms with van der Waals surface area (Å²) >= 11 is 5.06. The third kappa shape index (κ3) is 4.68. The molecule has 0 atom stereocenters. The zero-order chi connectivity index (χ0) is 21.0. The van der Waals surface area contributed by atoms with E-state index in [2.05, 4.69) is 15.5 Å². The molecule has 1 aliphatic rings. The molecule has 0 unspecified atom stereocenters. The highest BCUT2D eigenvalue weighted by Gasteiger charge is 2.27. The normalized spacial score (nSPS) is 15.7. The van der Waals surface area contributed by atoms with E-state index in [1.54, 1.807) is 11.6 Å². The maximum absolute atomic E-state index is 13.1. The number of ether oxygens (including phenoxy) is 1. The van der Waals surface area contributed by atoms with Crippen molar-refractivity contribution < 1.29 is 17.9 Å². The first-order chi connectivity index (χ1) is 13.8. The summed E-state index contributed by atoms with van der Waals surface area (Å²) in [4.78, 5) is 12.8. The summed E-state index contributed by atoms with van der Waals surface area (Å²) < 4.78 is 35.0. The van der Waals surface area contributed by atoms with Crippen LogP contribution in [0.15, 0.2) is 23.1 Å². The first-order valence-corrected chi connectivity index (χ1v) is 11.3. The molecular weight excluding hydrogens is 414 g/mol. The van der Waals surface area contributed by atoms with E-state index in [-0.39, 0.29) is 17.0 Å². The van der Waals surface area contributed by atoms with Gasteiger partial charge in [0.2, 0.25) is 10.0 Å². The number of benzene rings is 1. The lowest BCUT2D eigenvalue weighted by Crippen LogP contribution is -2.32. The predicted octanol–water partition coefficient (Wildman–Crippen LogP) is 1.98. The molecule has 0 bridgehead atoms. The maximum atomic E-state index is 13.1. The van der Waals surface area contributed by atoms with Crippen molar-refractivity contribution in [2.45, 2.75) is 37.1 Å². The number of nitrogens with one attached hydrogen (secondary N) is 2. The molecule has 1 aliphatic heterocycles. The van der Waals surface area contributed by atoms with Crippen LogP contribution >= 0.6 is 12.2 Å². The Morgan fingerprint density at radius 3 is 2.55 bits per heavy atom. The van der Waals surface area contributed by atoms with Crippen LogP contribution in [-0.2, 0) is 23.6 Å². The minimum absolute atomic E-state index is 0.0866. The Bertz CT molecular complexity index is 1040. The largest absolute Gasteiger partial charge is 0.496 e. The average Bonchev–Trinajstić information content (AvgIpc) is 2.93. The monoisotopic (exact) mass is 439 g/mol. The number of amides is 1. The van der Waals surface area contributed by atoms with Gasteiger partial charge in [-0.05, 0) is 43.3 Å². The zero-order valence-corrected chi connectivity index (χ0v) is 18.1. The number of hydrogen-bond acceptors (Lipinski definition) is 6. The van der Waals surface area contributed by atoms with Gasteiger partial charge in [0, 0.05) is 20.1 Å². The second-order valence-electron chi connectivity index (χ2n) is 6.87. The molecule has 0 radical (unpaired) electrons. The molecule has 0 spiro atoms.